The molecular weight excluding hydrogens is 484 g/mol. The maximum absolute atomic E-state index is 13.1. The number of ketones is 1. The van der Waals surface area contributed by atoms with Gasteiger partial charge in [-0.1, -0.05) is 58.9 Å². The summed E-state index contributed by atoms with van der Waals surface area (Å²) in [4.78, 5) is 31.8. The number of pyridine rings is 1. The summed E-state index contributed by atoms with van der Waals surface area (Å²) in [7, 11) is 0. The van der Waals surface area contributed by atoms with E-state index in [2.05, 4.69) is 27.5 Å². The third-order valence-electron chi connectivity index (χ3n) is 5.28. The fraction of sp³-hybridized carbons (Fsp3) is 0.115. The maximum atomic E-state index is 13.1. The first-order valence-corrected chi connectivity index (χ1v) is 11.1. The van der Waals surface area contributed by atoms with Crippen LogP contribution >= 0.6 is 15.9 Å². The van der Waals surface area contributed by atoms with Crippen LogP contribution in [0.4, 0.5) is 0 Å². The van der Waals surface area contributed by atoms with Gasteiger partial charge in [0.15, 0.2) is 0 Å². The van der Waals surface area contributed by atoms with E-state index in [1.165, 1.54) is 4.90 Å². The highest BCUT2D eigenvalue weighted by molar-refractivity contribution is 9.10. The topological polar surface area (TPSA) is 79.7 Å². The first kappa shape index (κ1) is 22.5. The molecule has 2 aromatic carbocycles. The zero-order valence-corrected chi connectivity index (χ0v) is 19.2. The Morgan fingerprint density at radius 3 is 2.64 bits per heavy atom. The fourth-order valence-electron chi connectivity index (χ4n) is 3.77. The molecule has 2 heterocycles. The molecule has 0 radical (unpaired) electrons. The van der Waals surface area contributed by atoms with Crippen LogP contribution in [0.3, 0.4) is 0 Å². The van der Waals surface area contributed by atoms with Gasteiger partial charge in [-0.25, -0.2) is 0 Å². The summed E-state index contributed by atoms with van der Waals surface area (Å²) in [5.74, 6) is -1.07. The molecule has 1 amide bonds. The number of amides is 1. The zero-order chi connectivity index (χ0) is 23.4. The molecule has 0 aliphatic carbocycles. The van der Waals surface area contributed by atoms with Gasteiger partial charge in [0.1, 0.15) is 18.1 Å². The van der Waals surface area contributed by atoms with Crippen molar-refractivity contribution >= 4 is 33.4 Å². The van der Waals surface area contributed by atoms with E-state index in [0.29, 0.717) is 23.5 Å². The molecule has 0 spiro atoms. The molecule has 166 valence electrons. The minimum atomic E-state index is -0.791. The monoisotopic (exact) mass is 504 g/mol. The molecule has 1 N–H and O–H groups in total. The van der Waals surface area contributed by atoms with Crippen molar-refractivity contribution in [3.05, 3.63) is 112 Å². The molecular formula is C26H21BrN2O4. The van der Waals surface area contributed by atoms with Crippen molar-refractivity contribution in [3.63, 3.8) is 0 Å². The Morgan fingerprint density at radius 1 is 1.15 bits per heavy atom. The van der Waals surface area contributed by atoms with E-state index in [1.54, 1.807) is 67.0 Å². The number of aromatic nitrogens is 1. The molecule has 1 aliphatic heterocycles. The summed E-state index contributed by atoms with van der Waals surface area (Å²) in [5.41, 5.74) is 1.90. The van der Waals surface area contributed by atoms with E-state index in [-0.39, 0.29) is 17.9 Å². The Bertz CT molecular complexity index is 1220. The molecule has 0 unspecified atom stereocenters. The number of likely N-dealkylation sites (tertiary alicyclic amines) is 1. The van der Waals surface area contributed by atoms with Crippen LogP contribution < -0.4 is 4.74 Å². The molecule has 0 bridgehead atoms. The van der Waals surface area contributed by atoms with Crippen LogP contribution in [0.2, 0.25) is 0 Å². The van der Waals surface area contributed by atoms with Crippen LogP contribution in [0.5, 0.6) is 5.75 Å². The number of Topliss-reactive ketones (excluding diaryl/α,β-unsaturated/α-hetero) is 1. The molecule has 1 aliphatic rings. The highest BCUT2D eigenvalue weighted by atomic mass is 79.9. The predicted molar refractivity (Wildman–Crippen MR) is 128 cm³/mol. The number of halogens is 1. The molecule has 6 nitrogen and oxygen atoms in total. The van der Waals surface area contributed by atoms with Crippen molar-refractivity contribution in [1.29, 1.82) is 0 Å². The summed E-state index contributed by atoms with van der Waals surface area (Å²) in [6.07, 6.45) is 4.92. The summed E-state index contributed by atoms with van der Waals surface area (Å²) < 4.78 is 6.49. The van der Waals surface area contributed by atoms with E-state index >= 15 is 0 Å². The normalized spacial score (nSPS) is 17.2. The van der Waals surface area contributed by atoms with Crippen LogP contribution in [0.1, 0.15) is 22.7 Å². The maximum Gasteiger partial charge on any atom is 0.295 e. The number of carbonyl (C=O) groups is 2. The van der Waals surface area contributed by atoms with Gasteiger partial charge in [-0.2, -0.15) is 0 Å². The quantitative estimate of drug-likeness (QED) is 0.211. The second-order valence-corrected chi connectivity index (χ2v) is 8.38. The molecule has 1 saturated heterocycles. The Labute approximate surface area is 200 Å². The summed E-state index contributed by atoms with van der Waals surface area (Å²) in [5, 5.41) is 11.1. The molecule has 1 aromatic heterocycles. The van der Waals surface area contributed by atoms with Gasteiger partial charge in [-0.05, 0) is 41.5 Å². The highest BCUT2D eigenvalue weighted by Gasteiger charge is 2.46. The SMILES string of the molecule is C=CCOc1cccc([C@H]2/C(=C(\O)c3ccc(Br)cc3)C(=O)C(=O)N2Cc2cccnc2)c1. The van der Waals surface area contributed by atoms with Crippen molar-refractivity contribution in [2.24, 2.45) is 0 Å². The second-order valence-electron chi connectivity index (χ2n) is 7.47. The lowest BCUT2D eigenvalue weighted by Crippen LogP contribution is -2.29. The van der Waals surface area contributed by atoms with Gasteiger partial charge in [0.05, 0.1) is 11.6 Å². The van der Waals surface area contributed by atoms with Gasteiger partial charge in [0.2, 0.25) is 0 Å². The number of aliphatic hydroxyl groups excluding tert-OH is 1. The molecule has 1 fully saturated rings. The molecule has 1 atom stereocenters. The lowest BCUT2D eigenvalue weighted by molar-refractivity contribution is -0.140. The first-order valence-electron chi connectivity index (χ1n) is 10.3. The van der Waals surface area contributed by atoms with Crippen LogP contribution in [-0.2, 0) is 16.1 Å². The van der Waals surface area contributed by atoms with Crippen LogP contribution in [0.15, 0.2) is 95.8 Å². The summed E-state index contributed by atoms with van der Waals surface area (Å²) >= 11 is 3.37. The molecule has 4 rings (SSSR count). The third-order valence-corrected chi connectivity index (χ3v) is 5.80. The number of rotatable bonds is 7. The number of carbonyl (C=O) groups excluding carboxylic acids is 2. The summed E-state index contributed by atoms with van der Waals surface area (Å²) in [6, 6.07) is 16.9. The molecule has 7 heteroatoms. The average molecular weight is 505 g/mol. The van der Waals surface area contributed by atoms with Crippen LogP contribution in [0.25, 0.3) is 5.76 Å². The number of hydrogen-bond acceptors (Lipinski definition) is 5. The third kappa shape index (κ3) is 4.73. The van der Waals surface area contributed by atoms with E-state index in [0.717, 1.165) is 10.0 Å². The average Bonchev–Trinajstić information content (AvgIpc) is 3.08. The standard InChI is InChI=1S/C26H21BrN2O4/c1-2-13-33-21-7-3-6-19(14-21)23-22(24(30)18-8-10-20(27)11-9-18)25(31)26(32)29(23)16-17-5-4-12-28-15-17/h2-12,14-15,23,30H,1,13,16H2/b24-22+/t23-/m0/s1. The van der Waals surface area contributed by atoms with E-state index in [1.807, 2.05) is 12.1 Å². The molecule has 0 saturated carbocycles. The predicted octanol–water partition coefficient (Wildman–Crippen LogP) is 5.03. The largest absolute Gasteiger partial charge is 0.507 e. The number of aliphatic hydroxyl groups is 1. The minimum absolute atomic E-state index is 0.0343. The zero-order valence-electron chi connectivity index (χ0n) is 17.6. The van der Waals surface area contributed by atoms with Gasteiger partial charge in [-0.3, -0.25) is 14.6 Å². The first-order chi connectivity index (χ1) is 16.0. The van der Waals surface area contributed by atoms with Crippen molar-refractivity contribution in [2.75, 3.05) is 6.61 Å². The Hall–Kier alpha value is -3.71. The van der Waals surface area contributed by atoms with Gasteiger partial charge in [0.25, 0.3) is 11.7 Å². The Balaban J connectivity index is 1.84. The minimum Gasteiger partial charge on any atom is -0.507 e. The molecule has 3 aromatic rings. The Morgan fingerprint density at radius 2 is 1.94 bits per heavy atom. The number of benzene rings is 2. The van der Waals surface area contributed by atoms with Crippen molar-refractivity contribution < 1.29 is 19.4 Å². The highest BCUT2D eigenvalue weighted by Crippen LogP contribution is 2.41. The molecule has 33 heavy (non-hydrogen) atoms. The van der Waals surface area contributed by atoms with E-state index < -0.39 is 17.7 Å². The fourth-order valence-corrected chi connectivity index (χ4v) is 4.04. The van der Waals surface area contributed by atoms with Gasteiger partial charge < -0.3 is 14.7 Å². The van der Waals surface area contributed by atoms with Crippen molar-refractivity contribution in [3.8, 4) is 5.75 Å². The van der Waals surface area contributed by atoms with Crippen molar-refractivity contribution in [1.82, 2.24) is 9.88 Å². The van der Waals surface area contributed by atoms with Crippen molar-refractivity contribution in [2.45, 2.75) is 12.6 Å². The smallest absolute Gasteiger partial charge is 0.295 e. The van der Waals surface area contributed by atoms with Gasteiger partial charge in [-0.15, -0.1) is 0 Å². The lowest BCUT2D eigenvalue weighted by Gasteiger charge is -2.25. The lowest BCUT2D eigenvalue weighted by atomic mass is 9.95. The Kier molecular flexibility index (Phi) is 6.70. The van der Waals surface area contributed by atoms with Gasteiger partial charge in [0, 0.05) is 29.0 Å². The van der Waals surface area contributed by atoms with Crippen LogP contribution in [0, 0.1) is 0 Å². The number of nitrogens with zero attached hydrogens (tertiary/aromatic N) is 2. The summed E-state index contributed by atoms with van der Waals surface area (Å²) in [6.45, 7) is 4.14. The number of hydrogen-bond donors (Lipinski definition) is 1. The van der Waals surface area contributed by atoms with Gasteiger partial charge >= 0.3 is 0 Å². The second kappa shape index (κ2) is 9.83. The van der Waals surface area contributed by atoms with E-state index in [9.17, 15) is 14.7 Å². The number of ether oxygens (including phenoxy) is 1. The van der Waals surface area contributed by atoms with Crippen LogP contribution in [-0.4, -0.2) is 33.3 Å². The van der Waals surface area contributed by atoms with E-state index in [4.69, 9.17) is 4.74 Å².